The van der Waals surface area contributed by atoms with Crippen LogP contribution in [-0.4, -0.2) is 21.8 Å². The standard InChI is InChI=1S/C19H18N2O8/c22-18(28-12-14-4-1-6-16(10-14)20(24)25)8-3-9-19(23)29-13-15-5-2-7-17(11-15)21(26)27/h1-2,4-7,10-11H,3,8-9,12-13H2. The zero-order valence-corrected chi connectivity index (χ0v) is 15.3. The Morgan fingerprint density at radius 1 is 0.759 bits per heavy atom. The van der Waals surface area contributed by atoms with Gasteiger partial charge in [0.25, 0.3) is 11.4 Å². The molecule has 2 aromatic carbocycles. The van der Waals surface area contributed by atoms with Crippen molar-refractivity contribution in [2.75, 3.05) is 0 Å². The smallest absolute Gasteiger partial charge is 0.306 e. The molecule has 0 atom stereocenters. The first kappa shape index (κ1) is 21.5. The van der Waals surface area contributed by atoms with Gasteiger partial charge in [-0.3, -0.25) is 29.8 Å². The van der Waals surface area contributed by atoms with E-state index in [0.29, 0.717) is 11.1 Å². The number of non-ortho nitro benzene ring substituents is 2. The molecule has 0 heterocycles. The van der Waals surface area contributed by atoms with E-state index >= 15 is 0 Å². The van der Waals surface area contributed by atoms with Crippen LogP contribution in [0.2, 0.25) is 0 Å². The average Bonchev–Trinajstić information content (AvgIpc) is 2.71. The first-order valence-electron chi connectivity index (χ1n) is 8.63. The lowest BCUT2D eigenvalue weighted by molar-refractivity contribution is -0.385. The van der Waals surface area contributed by atoms with Crippen molar-refractivity contribution in [3.8, 4) is 0 Å². The molecule has 2 aromatic rings. The number of nitrogens with zero attached hydrogens (tertiary/aromatic N) is 2. The number of rotatable bonds is 10. The summed E-state index contributed by atoms with van der Waals surface area (Å²) in [5.41, 5.74) is 0.794. The summed E-state index contributed by atoms with van der Waals surface area (Å²) in [4.78, 5) is 43.8. The third-order valence-corrected chi connectivity index (χ3v) is 3.80. The fourth-order valence-electron chi connectivity index (χ4n) is 2.37. The number of carbonyl (C=O) groups is 2. The minimum atomic E-state index is -0.539. The van der Waals surface area contributed by atoms with Crippen molar-refractivity contribution in [3.05, 3.63) is 79.9 Å². The fraction of sp³-hybridized carbons (Fsp3) is 0.263. The highest BCUT2D eigenvalue weighted by Gasteiger charge is 2.11. The van der Waals surface area contributed by atoms with Crippen LogP contribution in [0.4, 0.5) is 11.4 Å². The first-order chi connectivity index (χ1) is 13.8. The van der Waals surface area contributed by atoms with Crippen LogP contribution in [0.1, 0.15) is 30.4 Å². The number of esters is 2. The monoisotopic (exact) mass is 402 g/mol. The molecule has 0 aliphatic carbocycles. The van der Waals surface area contributed by atoms with Crippen LogP contribution < -0.4 is 0 Å². The highest BCUT2D eigenvalue weighted by molar-refractivity contribution is 5.72. The van der Waals surface area contributed by atoms with Crippen LogP contribution in [0.25, 0.3) is 0 Å². The second kappa shape index (κ2) is 10.5. The lowest BCUT2D eigenvalue weighted by Gasteiger charge is -2.06. The molecule has 10 heteroatoms. The van der Waals surface area contributed by atoms with Crippen LogP contribution in [0.5, 0.6) is 0 Å². The van der Waals surface area contributed by atoms with E-state index in [1.165, 1.54) is 36.4 Å². The number of nitro benzene ring substituents is 2. The summed E-state index contributed by atoms with van der Waals surface area (Å²) in [6.07, 6.45) is 0.184. The highest BCUT2D eigenvalue weighted by Crippen LogP contribution is 2.15. The second-order valence-electron chi connectivity index (χ2n) is 6.03. The lowest BCUT2D eigenvalue weighted by atomic mass is 10.2. The molecule has 152 valence electrons. The summed E-state index contributed by atoms with van der Waals surface area (Å²) in [7, 11) is 0. The van der Waals surface area contributed by atoms with E-state index < -0.39 is 21.8 Å². The zero-order chi connectivity index (χ0) is 21.2. The van der Waals surface area contributed by atoms with Crippen molar-refractivity contribution in [2.24, 2.45) is 0 Å². The SMILES string of the molecule is O=C(CCCC(=O)OCc1cccc([N+](=O)[O-])c1)OCc1cccc([N+](=O)[O-])c1. The summed E-state index contributed by atoms with van der Waals surface area (Å²) in [5.74, 6) is -1.08. The van der Waals surface area contributed by atoms with Crippen LogP contribution in [-0.2, 0) is 32.3 Å². The van der Waals surface area contributed by atoms with Gasteiger partial charge in [0, 0.05) is 37.1 Å². The molecule has 10 nitrogen and oxygen atoms in total. The molecule has 0 saturated heterocycles. The highest BCUT2D eigenvalue weighted by atomic mass is 16.6. The van der Waals surface area contributed by atoms with Crippen LogP contribution in [0.3, 0.4) is 0 Å². The van der Waals surface area contributed by atoms with Crippen molar-refractivity contribution in [2.45, 2.75) is 32.5 Å². The van der Waals surface area contributed by atoms with Gasteiger partial charge in [-0.25, -0.2) is 0 Å². The molecule has 0 aliphatic heterocycles. The van der Waals surface area contributed by atoms with Gasteiger partial charge in [0.2, 0.25) is 0 Å². The van der Waals surface area contributed by atoms with Gasteiger partial charge in [-0.2, -0.15) is 0 Å². The van der Waals surface area contributed by atoms with Crippen molar-refractivity contribution >= 4 is 23.3 Å². The molecule has 0 radical (unpaired) electrons. The summed E-state index contributed by atoms with van der Waals surface area (Å²) in [6.45, 7) is -0.199. The van der Waals surface area contributed by atoms with E-state index in [-0.39, 0.29) is 43.9 Å². The van der Waals surface area contributed by atoms with Crippen LogP contribution >= 0.6 is 0 Å². The van der Waals surface area contributed by atoms with Gasteiger partial charge in [0.05, 0.1) is 9.85 Å². The molecule has 0 fully saturated rings. The van der Waals surface area contributed by atoms with Gasteiger partial charge < -0.3 is 9.47 Å². The molecular weight excluding hydrogens is 384 g/mol. The Bertz CT molecular complexity index is 839. The Labute approximate surface area is 165 Å². The summed E-state index contributed by atoms with van der Waals surface area (Å²) in [5, 5.41) is 21.4. The van der Waals surface area contributed by atoms with Crippen molar-refractivity contribution < 1.29 is 28.9 Å². The molecule has 0 spiro atoms. The van der Waals surface area contributed by atoms with Crippen molar-refractivity contribution in [1.29, 1.82) is 0 Å². The molecule has 0 bridgehead atoms. The summed E-state index contributed by atoms with van der Waals surface area (Å²) in [6, 6.07) is 11.5. The predicted molar refractivity (Wildman–Crippen MR) is 99.6 cm³/mol. The van der Waals surface area contributed by atoms with Gasteiger partial charge in [-0.1, -0.05) is 24.3 Å². The largest absolute Gasteiger partial charge is 0.461 e. The maximum atomic E-state index is 11.7. The van der Waals surface area contributed by atoms with Crippen LogP contribution in [0, 0.1) is 20.2 Å². The summed E-state index contributed by atoms with van der Waals surface area (Å²) >= 11 is 0. The van der Waals surface area contributed by atoms with Gasteiger partial charge in [0.15, 0.2) is 0 Å². The van der Waals surface area contributed by atoms with E-state index in [1.54, 1.807) is 12.1 Å². The quantitative estimate of drug-likeness (QED) is 0.334. The molecule has 0 N–H and O–H groups in total. The molecule has 2 rings (SSSR count). The van der Waals surface area contributed by atoms with E-state index in [1.807, 2.05) is 0 Å². The molecular formula is C19H18N2O8. The van der Waals surface area contributed by atoms with Gasteiger partial charge in [-0.15, -0.1) is 0 Å². The Morgan fingerprint density at radius 3 is 1.55 bits per heavy atom. The maximum absolute atomic E-state index is 11.7. The van der Waals surface area contributed by atoms with Gasteiger partial charge >= 0.3 is 11.9 Å². The third kappa shape index (κ3) is 7.37. The number of hydrogen-bond acceptors (Lipinski definition) is 8. The van der Waals surface area contributed by atoms with Crippen molar-refractivity contribution in [1.82, 2.24) is 0 Å². The lowest BCUT2D eigenvalue weighted by Crippen LogP contribution is -2.08. The molecule has 0 aromatic heterocycles. The van der Waals surface area contributed by atoms with E-state index in [4.69, 9.17) is 9.47 Å². The molecule has 0 aliphatic rings. The number of hydrogen-bond donors (Lipinski definition) is 0. The van der Waals surface area contributed by atoms with Crippen molar-refractivity contribution in [3.63, 3.8) is 0 Å². The predicted octanol–water partition coefficient (Wildman–Crippen LogP) is 3.46. The number of ether oxygens (including phenoxy) is 2. The molecule has 0 saturated carbocycles. The third-order valence-electron chi connectivity index (χ3n) is 3.80. The normalized spacial score (nSPS) is 10.2. The number of nitro groups is 2. The average molecular weight is 402 g/mol. The molecule has 0 amide bonds. The maximum Gasteiger partial charge on any atom is 0.306 e. The first-order valence-corrected chi connectivity index (χ1v) is 8.63. The second-order valence-corrected chi connectivity index (χ2v) is 6.03. The minimum absolute atomic E-state index is 0.0131. The number of benzene rings is 2. The van der Waals surface area contributed by atoms with E-state index in [2.05, 4.69) is 0 Å². The Balaban J connectivity index is 1.67. The number of carbonyl (C=O) groups excluding carboxylic acids is 2. The van der Waals surface area contributed by atoms with Crippen LogP contribution in [0.15, 0.2) is 48.5 Å². The van der Waals surface area contributed by atoms with Gasteiger partial charge in [-0.05, 0) is 17.5 Å². The van der Waals surface area contributed by atoms with Gasteiger partial charge in [0.1, 0.15) is 13.2 Å². The van der Waals surface area contributed by atoms with E-state index in [0.717, 1.165) is 0 Å². The summed E-state index contributed by atoms with van der Waals surface area (Å²) < 4.78 is 10.1. The Kier molecular flexibility index (Phi) is 7.78. The Hall–Kier alpha value is -3.82. The minimum Gasteiger partial charge on any atom is -0.461 e. The molecule has 29 heavy (non-hydrogen) atoms. The topological polar surface area (TPSA) is 139 Å². The molecule has 0 unspecified atom stereocenters. The zero-order valence-electron chi connectivity index (χ0n) is 15.3. The van der Waals surface area contributed by atoms with E-state index in [9.17, 15) is 29.8 Å². The fourth-order valence-corrected chi connectivity index (χ4v) is 2.37. The Morgan fingerprint density at radius 2 is 1.17 bits per heavy atom.